The van der Waals surface area contributed by atoms with Gasteiger partial charge in [-0.1, -0.05) is 18.6 Å². The second-order valence-electron chi connectivity index (χ2n) is 3.59. The molecule has 2 N–H and O–H groups in total. The van der Waals surface area contributed by atoms with Gasteiger partial charge in [0, 0.05) is 6.54 Å². The van der Waals surface area contributed by atoms with Gasteiger partial charge in [-0.3, -0.25) is 0 Å². The van der Waals surface area contributed by atoms with Gasteiger partial charge in [-0.05, 0) is 32.7 Å². The van der Waals surface area contributed by atoms with Crippen LogP contribution >= 0.6 is 0 Å². The molecule has 0 atom stereocenters. The molecular weight excluding hydrogens is 176 g/mol. The molecule has 0 amide bonds. The summed E-state index contributed by atoms with van der Waals surface area (Å²) in [5, 5.41) is 8.30. The van der Waals surface area contributed by atoms with Crippen molar-refractivity contribution in [1.29, 1.82) is 0 Å². The van der Waals surface area contributed by atoms with E-state index in [-0.39, 0.29) is 0 Å². The van der Waals surface area contributed by atoms with Crippen LogP contribution in [-0.2, 0) is 13.0 Å². The maximum Gasteiger partial charge on any atom is 0.0856 e. The van der Waals surface area contributed by atoms with Crippen molar-refractivity contribution in [3.05, 3.63) is 11.4 Å². The fraction of sp³-hybridized carbons (Fsp3) is 0.800. The van der Waals surface area contributed by atoms with Gasteiger partial charge < -0.3 is 5.73 Å². The molecule has 0 aliphatic heterocycles. The molecule has 1 rings (SSSR count). The van der Waals surface area contributed by atoms with Crippen LogP contribution in [0.4, 0.5) is 0 Å². The summed E-state index contributed by atoms with van der Waals surface area (Å²) in [6.07, 6.45) is 4.31. The summed E-state index contributed by atoms with van der Waals surface area (Å²) in [7, 11) is 0. The van der Waals surface area contributed by atoms with Crippen LogP contribution in [0.2, 0.25) is 0 Å². The average Bonchev–Trinajstić information content (AvgIpc) is 2.54. The normalized spacial score (nSPS) is 10.8. The van der Waals surface area contributed by atoms with E-state index in [2.05, 4.69) is 24.2 Å². The molecule has 0 bridgehead atoms. The lowest BCUT2D eigenvalue weighted by Gasteiger charge is -2.01. The Kier molecular flexibility index (Phi) is 4.59. The summed E-state index contributed by atoms with van der Waals surface area (Å²) >= 11 is 0. The molecule has 0 spiro atoms. The molecule has 4 heteroatoms. The van der Waals surface area contributed by atoms with Crippen LogP contribution in [0.25, 0.3) is 0 Å². The second-order valence-corrected chi connectivity index (χ2v) is 3.59. The zero-order valence-electron chi connectivity index (χ0n) is 9.16. The van der Waals surface area contributed by atoms with Gasteiger partial charge in [0.25, 0.3) is 0 Å². The minimum atomic E-state index is 0.723. The van der Waals surface area contributed by atoms with Crippen LogP contribution < -0.4 is 5.73 Å². The minimum absolute atomic E-state index is 0.723. The summed E-state index contributed by atoms with van der Waals surface area (Å²) in [5.74, 6) is 0. The van der Waals surface area contributed by atoms with E-state index in [1.54, 1.807) is 0 Å². The van der Waals surface area contributed by atoms with E-state index in [4.69, 9.17) is 5.73 Å². The number of aryl methyl sites for hydroxylation is 2. The van der Waals surface area contributed by atoms with E-state index in [1.165, 1.54) is 18.5 Å². The standard InChI is InChI=1S/C10H20N4/c1-3-4-8-14-9(2)10(12-13-14)6-5-7-11/h3-8,11H2,1-2H3. The van der Waals surface area contributed by atoms with Crippen LogP contribution in [-0.4, -0.2) is 21.5 Å². The number of rotatable bonds is 6. The van der Waals surface area contributed by atoms with E-state index >= 15 is 0 Å². The van der Waals surface area contributed by atoms with Gasteiger partial charge in [-0.25, -0.2) is 4.68 Å². The molecule has 0 radical (unpaired) electrons. The zero-order chi connectivity index (χ0) is 10.4. The summed E-state index contributed by atoms with van der Waals surface area (Å²) in [6.45, 7) is 5.97. The molecule has 0 saturated carbocycles. The Morgan fingerprint density at radius 2 is 2.14 bits per heavy atom. The first kappa shape index (κ1) is 11.2. The van der Waals surface area contributed by atoms with Gasteiger partial charge in [-0.2, -0.15) is 0 Å². The Hall–Kier alpha value is -0.900. The molecule has 0 fully saturated rings. The Labute approximate surface area is 85.5 Å². The third-order valence-electron chi connectivity index (χ3n) is 2.42. The Bertz CT molecular complexity index is 242. The maximum absolute atomic E-state index is 5.46. The Balaban J connectivity index is 2.55. The van der Waals surface area contributed by atoms with Crippen molar-refractivity contribution >= 4 is 0 Å². The summed E-state index contributed by atoms with van der Waals surface area (Å²) in [4.78, 5) is 0. The molecule has 0 aliphatic rings. The molecular formula is C10H20N4. The molecule has 1 aromatic rings. The fourth-order valence-electron chi connectivity index (χ4n) is 1.42. The van der Waals surface area contributed by atoms with Gasteiger partial charge in [0.15, 0.2) is 0 Å². The highest BCUT2D eigenvalue weighted by Crippen LogP contribution is 2.07. The molecule has 0 aromatic carbocycles. The van der Waals surface area contributed by atoms with Crippen molar-refractivity contribution in [2.24, 2.45) is 5.73 Å². The lowest BCUT2D eigenvalue weighted by Crippen LogP contribution is -2.04. The van der Waals surface area contributed by atoms with E-state index in [9.17, 15) is 0 Å². The summed E-state index contributed by atoms with van der Waals surface area (Å²) in [5.41, 5.74) is 7.76. The molecule has 14 heavy (non-hydrogen) atoms. The van der Waals surface area contributed by atoms with Gasteiger partial charge in [0.05, 0.1) is 11.4 Å². The fourth-order valence-corrected chi connectivity index (χ4v) is 1.42. The first-order valence-corrected chi connectivity index (χ1v) is 5.38. The van der Waals surface area contributed by atoms with Crippen molar-refractivity contribution in [2.75, 3.05) is 6.54 Å². The predicted octanol–water partition coefficient (Wildman–Crippen LogP) is 1.28. The lowest BCUT2D eigenvalue weighted by atomic mass is 10.2. The molecule has 1 aromatic heterocycles. The maximum atomic E-state index is 5.46. The van der Waals surface area contributed by atoms with Crippen LogP contribution in [0.3, 0.4) is 0 Å². The first-order valence-electron chi connectivity index (χ1n) is 5.38. The summed E-state index contributed by atoms with van der Waals surface area (Å²) < 4.78 is 2.00. The monoisotopic (exact) mass is 196 g/mol. The molecule has 0 unspecified atom stereocenters. The minimum Gasteiger partial charge on any atom is -0.330 e. The molecule has 4 nitrogen and oxygen atoms in total. The van der Waals surface area contributed by atoms with Crippen LogP contribution in [0.15, 0.2) is 0 Å². The largest absolute Gasteiger partial charge is 0.330 e. The van der Waals surface area contributed by atoms with Crippen LogP contribution in [0, 0.1) is 6.92 Å². The second kappa shape index (κ2) is 5.75. The lowest BCUT2D eigenvalue weighted by molar-refractivity contribution is 0.542. The number of nitrogens with two attached hydrogens (primary N) is 1. The topological polar surface area (TPSA) is 56.7 Å². The van der Waals surface area contributed by atoms with E-state index < -0.39 is 0 Å². The number of nitrogens with zero attached hydrogens (tertiary/aromatic N) is 3. The number of hydrogen-bond donors (Lipinski definition) is 1. The quantitative estimate of drug-likeness (QED) is 0.745. The third kappa shape index (κ3) is 2.80. The average molecular weight is 196 g/mol. The first-order chi connectivity index (χ1) is 6.79. The predicted molar refractivity (Wildman–Crippen MR) is 57.0 cm³/mol. The Morgan fingerprint density at radius 3 is 2.79 bits per heavy atom. The number of unbranched alkanes of at least 4 members (excludes halogenated alkanes) is 1. The van der Waals surface area contributed by atoms with E-state index in [0.29, 0.717) is 0 Å². The van der Waals surface area contributed by atoms with Crippen molar-refractivity contribution in [3.8, 4) is 0 Å². The SMILES string of the molecule is CCCCn1nnc(CCCN)c1C. The van der Waals surface area contributed by atoms with Crippen molar-refractivity contribution in [3.63, 3.8) is 0 Å². The van der Waals surface area contributed by atoms with Crippen molar-refractivity contribution < 1.29 is 0 Å². The highest BCUT2D eigenvalue weighted by Gasteiger charge is 2.06. The van der Waals surface area contributed by atoms with E-state index in [1.807, 2.05) is 4.68 Å². The van der Waals surface area contributed by atoms with Gasteiger partial charge in [0.2, 0.25) is 0 Å². The molecule has 1 heterocycles. The molecule has 80 valence electrons. The van der Waals surface area contributed by atoms with Crippen molar-refractivity contribution in [2.45, 2.75) is 46.1 Å². The van der Waals surface area contributed by atoms with Crippen LogP contribution in [0.1, 0.15) is 37.6 Å². The molecule has 0 saturated heterocycles. The summed E-state index contributed by atoms with van der Waals surface area (Å²) in [6, 6.07) is 0. The van der Waals surface area contributed by atoms with Gasteiger partial charge >= 0.3 is 0 Å². The van der Waals surface area contributed by atoms with Gasteiger partial charge in [0.1, 0.15) is 0 Å². The Morgan fingerprint density at radius 1 is 1.36 bits per heavy atom. The molecule has 0 aliphatic carbocycles. The number of hydrogen-bond acceptors (Lipinski definition) is 3. The highest BCUT2D eigenvalue weighted by molar-refractivity contribution is 5.07. The van der Waals surface area contributed by atoms with Crippen molar-refractivity contribution in [1.82, 2.24) is 15.0 Å². The van der Waals surface area contributed by atoms with E-state index in [0.717, 1.165) is 31.6 Å². The third-order valence-corrected chi connectivity index (χ3v) is 2.42. The highest BCUT2D eigenvalue weighted by atomic mass is 15.4. The van der Waals surface area contributed by atoms with Crippen LogP contribution in [0.5, 0.6) is 0 Å². The smallest absolute Gasteiger partial charge is 0.0856 e. The number of aromatic nitrogens is 3. The zero-order valence-corrected chi connectivity index (χ0v) is 9.16. The van der Waals surface area contributed by atoms with Gasteiger partial charge in [-0.15, -0.1) is 5.10 Å².